The fourth-order valence-corrected chi connectivity index (χ4v) is 3.76. The average molecular weight is 409 g/mol. The molecule has 8 nitrogen and oxygen atoms in total. The Morgan fingerprint density at radius 1 is 1.20 bits per heavy atom. The number of ether oxygens (including phenoxy) is 2. The van der Waals surface area contributed by atoms with Crippen LogP contribution < -0.4 is 20.3 Å². The van der Waals surface area contributed by atoms with E-state index in [1.54, 1.807) is 43.5 Å². The summed E-state index contributed by atoms with van der Waals surface area (Å²) in [5, 5.41) is 5.56. The highest BCUT2D eigenvalue weighted by atomic mass is 16.5. The van der Waals surface area contributed by atoms with E-state index < -0.39 is 18.0 Å². The zero-order valence-corrected chi connectivity index (χ0v) is 16.8. The quantitative estimate of drug-likeness (QED) is 0.737. The molecule has 2 heterocycles. The van der Waals surface area contributed by atoms with Crippen molar-refractivity contribution in [2.24, 2.45) is 0 Å². The first-order valence-corrected chi connectivity index (χ1v) is 9.83. The minimum absolute atomic E-state index is 0.0576. The molecular weight excluding hydrogens is 386 g/mol. The number of amides is 2. The Labute approximate surface area is 174 Å². The normalized spacial score (nSPS) is 18.0. The van der Waals surface area contributed by atoms with Gasteiger partial charge in [0, 0.05) is 12.2 Å². The van der Waals surface area contributed by atoms with Gasteiger partial charge in [-0.05, 0) is 62.2 Å². The molecule has 0 unspecified atom stereocenters. The van der Waals surface area contributed by atoms with E-state index in [1.807, 2.05) is 6.07 Å². The highest BCUT2D eigenvalue weighted by Gasteiger charge is 2.36. The van der Waals surface area contributed by atoms with Crippen LogP contribution in [0.1, 0.15) is 30.1 Å². The lowest BCUT2D eigenvalue weighted by atomic mass is 10.1. The maximum absolute atomic E-state index is 12.5. The van der Waals surface area contributed by atoms with Gasteiger partial charge in [0.1, 0.15) is 11.8 Å². The fourth-order valence-electron chi connectivity index (χ4n) is 3.76. The van der Waals surface area contributed by atoms with Crippen LogP contribution in [0.25, 0.3) is 0 Å². The summed E-state index contributed by atoms with van der Waals surface area (Å²) >= 11 is 0. The Bertz CT molecular complexity index is 989. The molecule has 2 aliphatic rings. The third-order valence-corrected chi connectivity index (χ3v) is 5.37. The van der Waals surface area contributed by atoms with Crippen molar-refractivity contribution in [1.29, 1.82) is 0 Å². The van der Waals surface area contributed by atoms with Crippen LogP contribution in [0.2, 0.25) is 0 Å². The van der Waals surface area contributed by atoms with Crippen LogP contribution in [-0.4, -0.2) is 43.6 Å². The first-order valence-electron chi connectivity index (χ1n) is 9.83. The van der Waals surface area contributed by atoms with Crippen LogP contribution >= 0.6 is 0 Å². The molecule has 2 N–H and O–H groups in total. The lowest BCUT2D eigenvalue weighted by Crippen LogP contribution is -2.43. The molecule has 2 aliphatic heterocycles. The van der Waals surface area contributed by atoms with Crippen molar-refractivity contribution in [3.63, 3.8) is 0 Å². The molecule has 30 heavy (non-hydrogen) atoms. The summed E-state index contributed by atoms with van der Waals surface area (Å²) in [5.41, 5.74) is 2.33. The number of benzene rings is 2. The van der Waals surface area contributed by atoms with Crippen molar-refractivity contribution in [3.8, 4) is 5.75 Å². The molecule has 2 aromatic carbocycles. The van der Waals surface area contributed by atoms with Gasteiger partial charge >= 0.3 is 5.97 Å². The van der Waals surface area contributed by atoms with E-state index in [2.05, 4.69) is 15.5 Å². The zero-order valence-electron chi connectivity index (χ0n) is 16.8. The first kappa shape index (κ1) is 19.8. The van der Waals surface area contributed by atoms with Crippen molar-refractivity contribution in [2.45, 2.75) is 31.9 Å². The second-order valence-electron chi connectivity index (χ2n) is 7.34. The van der Waals surface area contributed by atoms with Gasteiger partial charge in [0.2, 0.25) is 5.91 Å². The van der Waals surface area contributed by atoms with Gasteiger partial charge in [0.15, 0.2) is 6.10 Å². The van der Waals surface area contributed by atoms with Gasteiger partial charge in [-0.25, -0.2) is 4.79 Å². The van der Waals surface area contributed by atoms with E-state index in [-0.39, 0.29) is 17.5 Å². The molecule has 0 spiro atoms. The van der Waals surface area contributed by atoms with Crippen LogP contribution in [0.5, 0.6) is 5.75 Å². The van der Waals surface area contributed by atoms with Crippen LogP contribution in [0.4, 0.5) is 17.1 Å². The maximum Gasteiger partial charge on any atom is 0.338 e. The van der Waals surface area contributed by atoms with Crippen molar-refractivity contribution < 1.29 is 23.9 Å². The van der Waals surface area contributed by atoms with Crippen LogP contribution in [0.15, 0.2) is 42.5 Å². The van der Waals surface area contributed by atoms with Gasteiger partial charge in [0.05, 0.1) is 24.0 Å². The average Bonchev–Trinajstić information content (AvgIpc) is 3.24. The van der Waals surface area contributed by atoms with Crippen LogP contribution in [0, 0.1) is 0 Å². The van der Waals surface area contributed by atoms with E-state index in [0.717, 1.165) is 25.1 Å². The van der Waals surface area contributed by atoms with Gasteiger partial charge in [-0.2, -0.15) is 0 Å². The molecule has 0 radical (unpaired) electrons. The first-order chi connectivity index (χ1) is 14.5. The third-order valence-electron chi connectivity index (χ3n) is 5.37. The molecule has 156 valence electrons. The smallest absolute Gasteiger partial charge is 0.338 e. The largest absolute Gasteiger partial charge is 0.497 e. The van der Waals surface area contributed by atoms with E-state index in [9.17, 15) is 14.4 Å². The molecule has 0 aromatic heterocycles. The molecular formula is C22H23N3O5. The summed E-state index contributed by atoms with van der Waals surface area (Å²) in [4.78, 5) is 39.2. The number of nitrogens with zero attached hydrogens (tertiary/aromatic N) is 1. The molecule has 2 amide bonds. The Balaban J connectivity index is 1.41. The summed E-state index contributed by atoms with van der Waals surface area (Å²) in [5.74, 6) is -0.461. The summed E-state index contributed by atoms with van der Waals surface area (Å²) < 4.78 is 10.4. The molecule has 0 saturated carbocycles. The minimum atomic E-state index is -0.992. The van der Waals surface area contributed by atoms with Crippen LogP contribution in [0.3, 0.4) is 0 Å². The van der Waals surface area contributed by atoms with Crippen LogP contribution in [-0.2, 0) is 14.3 Å². The monoisotopic (exact) mass is 409 g/mol. The molecule has 2 aromatic rings. The van der Waals surface area contributed by atoms with E-state index in [0.29, 0.717) is 17.1 Å². The molecule has 4 rings (SSSR count). The van der Waals surface area contributed by atoms with Gasteiger partial charge in [0.25, 0.3) is 5.91 Å². The standard InChI is InChI=1S/C22H23N3O5/c1-13(20(26)23-15-6-8-16(29-2)9-7-15)30-22(28)14-5-10-18-17(12-14)24-21(27)19-4-3-11-25(18)19/h5-10,12-13,19H,3-4,11H2,1-2H3,(H,23,26)(H,24,27)/t13-,19-/m0/s1. The number of rotatable bonds is 5. The molecule has 1 fully saturated rings. The van der Waals surface area contributed by atoms with Crippen molar-refractivity contribution in [1.82, 2.24) is 0 Å². The van der Waals surface area contributed by atoms with Gasteiger partial charge in [-0.3, -0.25) is 9.59 Å². The number of carbonyl (C=O) groups excluding carboxylic acids is 3. The van der Waals surface area contributed by atoms with Gasteiger partial charge in [-0.15, -0.1) is 0 Å². The Morgan fingerprint density at radius 3 is 2.70 bits per heavy atom. The summed E-state index contributed by atoms with van der Waals surface area (Å²) in [6.07, 6.45) is 0.797. The lowest BCUT2D eigenvalue weighted by molar-refractivity contribution is -0.123. The number of carbonyl (C=O) groups is 3. The Morgan fingerprint density at radius 2 is 1.97 bits per heavy atom. The number of hydrogen-bond donors (Lipinski definition) is 2. The summed E-state index contributed by atoms with van der Waals surface area (Å²) in [6.45, 7) is 2.32. The fraction of sp³-hybridized carbons (Fsp3) is 0.318. The maximum atomic E-state index is 12.5. The number of hydrogen-bond acceptors (Lipinski definition) is 6. The summed E-state index contributed by atoms with van der Waals surface area (Å²) in [7, 11) is 1.56. The topological polar surface area (TPSA) is 97.0 Å². The predicted octanol–water partition coefficient (Wildman–Crippen LogP) is 2.80. The van der Waals surface area contributed by atoms with E-state index in [4.69, 9.17) is 9.47 Å². The van der Waals surface area contributed by atoms with Crippen molar-refractivity contribution in [3.05, 3.63) is 48.0 Å². The van der Waals surface area contributed by atoms with Gasteiger partial charge < -0.3 is 25.0 Å². The number of methoxy groups -OCH3 is 1. The number of anilines is 3. The van der Waals surface area contributed by atoms with Crippen molar-refractivity contribution in [2.75, 3.05) is 29.2 Å². The molecule has 2 atom stereocenters. The van der Waals surface area contributed by atoms with E-state index in [1.165, 1.54) is 6.92 Å². The molecule has 1 saturated heterocycles. The third kappa shape index (κ3) is 3.80. The highest BCUT2D eigenvalue weighted by Crippen LogP contribution is 2.37. The lowest BCUT2D eigenvalue weighted by Gasteiger charge is -2.33. The SMILES string of the molecule is COc1ccc(NC(=O)[C@H](C)OC(=O)c2ccc3c(c2)NC(=O)[C@@H]2CCCN32)cc1. The minimum Gasteiger partial charge on any atom is -0.497 e. The molecule has 0 bridgehead atoms. The highest BCUT2D eigenvalue weighted by molar-refractivity contribution is 6.05. The number of nitrogens with one attached hydrogen (secondary N) is 2. The molecule has 0 aliphatic carbocycles. The second kappa shape index (κ2) is 8.06. The second-order valence-corrected chi connectivity index (χ2v) is 7.34. The number of esters is 1. The molecule has 8 heteroatoms. The summed E-state index contributed by atoms with van der Waals surface area (Å²) in [6, 6.07) is 11.8. The van der Waals surface area contributed by atoms with Gasteiger partial charge in [-0.1, -0.05) is 0 Å². The zero-order chi connectivity index (χ0) is 21.3. The Hall–Kier alpha value is -3.55. The predicted molar refractivity (Wildman–Crippen MR) is 112 cm³/mol. The van der Waals surface area contributed by atoms with Crippen molar-refractivity contribution >= 4 is 34.8 Å². The van der Waals surface area contributed by atoms with E-state index >= 15 is 0 Å². The Kier molecular flexibility index (Phi) is 5.31. The number of fused-ring (bicyclic) bond motifs is 3.